The van der Waals surface area contributed by atoms with Gasteiger partial charge in [-0.1, -0.05) is 84.9 Å². The van der Waals surface area contributed by atoms with Crippen LogP contribution in [0.15, 0.2) is 84.9 Å². The molecule has 2 heterocycles. The van der Waals surface area contributed by atoms with E-state index in [1.165, 1.54) is 16.7 Å². The average Bonchev–Trinajstić information content (AvgIpc) is 2.84. The number of rotatable bonds is 5. The Hall–Kier alpha value is -2.95. The number of carbonyl (C=O) groups is 1. The Labute approximate surface area is 196 Å². The first-order chi connectivity index (χ1) is 16.2. The highest BCUT2D eigenvalue weighted by molar-refractivity contribution is 5.79. The predicted molar refractivity (Wildman–Crippen MR) is 132 cm³/mol. The Balaban J connectivity index is 1.35. The van der Waals surface area contributed by atoms with Gasteiger partial charge in [0.1, 0.15) is 0 Å². The molecule has 0 spiro atoms. The van der Waals surface area contributed by atoms with Crippen LogP contribution in [0, 0.1) is 0 Å². The summed E-state index contributed by atoms with van der Waals surface area (Å²) in [5.74, 6) is 0.443. The third-order valence-corrected chi connectivity index (χ3v) is 7.32. The maximum Gasteiger partial charge on any atom is 0.227 e. The van der Waals surface area contributed by atoms with Gasteiger partial charge in [-0.3, -0.25) is 9.69 Å². The molecule has 1 amide bonds. The fraction of sp³-hybridized carbons (Fsp3) is 0.345. The fourth-order valence-corrected chi connectivity index (χ4v) is 5.58. The van der Waals surface area contributed by atoms with E-state index in [1.807, 2.05) is 36.4 Å². The minimum atomic E-state index is 0.127. The van der Waals surface area contributed by atoms with Crippen molar-refractivity contribution in [1.82, 2.24) is 9.80 Å². The van der Waals surface area contributed by atoms with Crippen LogP contribution >= 0.6 is 0 Å². The maximum atomic E-state index is 13.2. The molecular formula is C29H32N2O2. The Kier molecular flexibility index (Phi) is 6.56. The smallest absolute Gasteiger partial charge is 0.227 e. The molecule has 3 aromatic rings. The summed E-state index contributed by atoms with van der Waals surface area (Å²) in [7, 11) is 0. The number of hydrogen-bond donors (Lipinski definition) is 1. The minimum Gasteiger partial charge on any atom is -0.395 e. The summed E-state index contributed by atoms with van der Waals surface area (Å²) in [5.41, 5.74) is 4.73. The number of benzene rings is 3. The van der Waals surface area contributed by atoms with Crippen molar-refractivity contribution < 1.29 is 9.90 Å². The van der Waals surface area contributed by atoms with E-state index in [4.69, 9.17) is 0 Å². The Morgan fingerprint density at radius 2 is 1.45 bits per heavy atom. The highest BCUT2D eigenvalue weighted by Gasteiger charge is 2.49. The molecule has 1 N–H and O–H groups in total. The standard InChI is InChI=1S/C29H32N2O2/c32-21-27-29(25-15-13-24(14-16-25)23-11-5-2-6-12-23)26-20-30(17-7-8-18-31(26)27)28(33)19-22-9-3-1-4-10-22/h1-6,9-16,26-27,29,32H,7-8,17-21H2/t26-,27+,29+/m1/s1. The molecule has 33 heavy (non-hydrogen) atoms. The number of fused-ring (bicyclic) bond motifs is 1. The molecule has 0 radical (unpaired) electrons. The van der Waals surface area contributed by atoms with Gasteiger partial charge in [-0.15, -0.1) is 0 Å². The van der Waals surface area contributed by atoms with Gasteiger partial charge >= 0.3 is 0 Å². The first-order valence-corrected chi connectivity index (χ1v) is 12.1. The number of hydrogen-bond acceptors (Lipinski definition) is 3. The Morgan fingerprint density at radius 3 is 2.15 bits per heavy atom. The van der Waals surface area contributed by atoms with E-state index in [0.29, 0.717) is 6.42 Å². The van der Waals surface area contributed by atoms with Crippen LogP contribution in [-0.2, 0) is 11.2 Å². The molecule has 3 aromatic carbocycles. The summed E-state index contributed by atoms with van der Waals surface area (Å²) in [6.07, 6.45) is 2.52. The molecule has 2 saturated heterocycles. The molecule has 170 valence electrons. The molecule has 0 bridgehead atoms. The predicted octanol–water partition coefficient (Wildman–Crippen LogP) is 4.35. The van der Waals surface area contributed by atoms with Crippen LogP contribution in [0.4, 0.5) is 0 Å². The second-order valence-electron chi connectivity index (χ2n) is 9.28. The van der Waals surface area contributed by atoms with Gasteiger partial charge in [-0.05, 0) is 41.6 Å². The van der Waals surface area contributed by atoms with E-state index >= 15 is 0 Å². The zero-order chi connectivity index (χ0) is 22.6. The highest BCUT2D eigenvalue weighted by Crippen LogP contribution is 2.42. The molecule has 0 unspecified atom stereocenters. The van der Waals surface area contributed by atoms with Crippen LogP contribution in [0.3, 0.4) is 0 Å². The van der Waals surface area contributed by atoms with Crippen molar-refractivity contribution in [2.75, 3.05) is 26.2 Å². The zero-order valence-corrected chi connectivity index (χ0v) is 19.0. The highest BCUT2D eigenvalue weighted by atomic mass is 16.3. The van der Waals surface area contributed by atoms with Crippen LogP contribution < -0.4 is 0 Å². The molecule has 3 atom stereocenters. The van der Waals surface area contributed by atoms with E-state index in [1.54, 1.807) is 0 Å². The number of nitrogens with zero attached hydrogens (tertiary/aromatic N) is 2. The van der Waals surface area contributed by atoms with E-state index in [9.17, 15) is 9.90 Å². The van der Waals surface area contributed by atoms with Crippen LogP contribution in [-0.4, -0.2) is 59.1 Å². The summed E-state index contributed by atoms with van der Waals surface area (Å²) >= 11 is 0. The Bertz CT molecular complexity index is 1050. The topological polar surface area (TPSA) is 43.8 Å². The fourth-order valence-electron chi connectivity index (χ4n) is 5.58. The molecule has 0 saturated carbocycles. The van der Waals surface area contributed by atoms with Gasteiger partial charge in [-0.2, -0.15) is 0 Å². The molecule has 0 aliphatic carbocycles. The van der Waals surface area contributed by atoms with Crippen molar-refractivity contribution in [3.63, 3.8) is 0 Å². The van der Waals surface area contributed by atoms with Crippen molar-refractivity contribution in [3.8, 4) is 11.1 Å². The molecule has 2 fully saturated rings. The lowest BCUT2D eigenvalue weighted by Crippen LogP contribution is -2.68. The molecule has 4 nitrogen and oxygen atoms in total. The second-order valence-corrected chi connectivity index (χ2v) is 9.28. The van der Waals surface area contributed by atoms with Crippen molar-refractivity contribution >= 4 is 5.91 Å². The van der Waals surface area contributed by atoms with Gasteiger partial charge < -0.3 is 10.0 Å². The zero-order valence-electron chi connectivity index (χ0n) is 19.0. The van der Waals surface area contributed by atoms with Crippen LogP contribution in [0.1, 0.15) is 29.9 Å². The van der Waals surface area contributed by atoms with Crippen LogP contribution in [0.2, 0.25) is 0 Å². The average molecular weight is 441 g/mol. The molecule has 2 aliphatic heterocycles. The van der Waals surface area contributed by atoms with Crippen molar-refractivity contribution in [1.29, 1.82) is 0 Å². The van der Waals surface area contributed by atoms with Gasteiger partial charge in [0.15, 0.2) is 0 Å². The summed E-state index contributed by atoms with van der Waals surface area (Å²) in [6.45, 7) is 2.70. The van der Waals surface area contributed by atoms with E-state index in [2.05, 4.69) is 58.3 Å². The number of amides is 1. The lowest BCUT2D eigenvalue weighted by molar-refractivity contribution is -0.135. The first kappa shape index (κ1) is 21.9. The molecular weight excluding hydrogens is 408 g/mol. The van der Waals surface area contributed by atoms with Crippen molar-refractivity contribution in [3.05, 3.63) is 96.1 Å². The van der Waals surface area contributed by atoms with E-state index in [-0.39, 0.29) is 30.5 Å². The number of aliphatic hydroxyl groups is 1. The number of carbonyl (C=O) groups excluding carboxylic acids is 1. The third kappa shape index (κ3) is 4.59. The first-order valence-electron chi connectivity index (χ1n) is 12.1. The molecule has 0 aromatic heterocycles. The second kappa shape index (κ2) is 9.90. The van der Waals surface area contributed by atoms with Gasteiger partial charge in [0.05, 0.1) is 13.0 Å². The summed E-state index contributed by atoms with van der Waals surface area (Å²) in [5, 5.41) is 10.2. The quantitative estimate of drug-likeness (QED) is 0.642. The van der Waals surface area contributed by atoms with Gasteiger partial charge in [-0.25, -0.2) is 0 Å². The van der Waals surface area contributed by atoms with Gasteiger partial charge in [0.25, 0.3) is 0 Å². The SMILES string of the molecule is O=C(Cc1ccccc1)N1CCCCN2[C@H](C1)[C@H](c1ccc(-c3ccccc3)cc1)[C@@H]2CO. The Morgan fingerprint density at radius 1 is 0.818 bits per heavy atom. The lowest BCUT2D eigenvalue weighted by atomic mass is 9.74. The van der Waals surface area contributed by atoms with Gasteiger partial charge in [0, 0.05) is 31.1 Å². The maximum absolute atomic E-state index is 13.2. The molecule has 4 heteroatoms. The van der Waals surface area contributed by atoms with Gasteiger partial charge in [0.2, 0.25) is 5.91 Å². The summed E-state index contributed by atoms with van der Waals surface area (Å²) in [4.78, 5) is 17.6. The molecule has 2 aliphatic rings. The minimum absolute atomic E-state index is 0.127. The summed E-state index contributed by atoms with van der Waals surface area (Å²) < 4.78 is 0. The lowest BCUT2D eigenvalue weighted by Gasteiger charge is -2.57. The molecule has 5 rings (SSSR count). The van der Waals surface area contributed by atoms with Crippen molar-refractivity contribution in [2.45, 2.75) is 37.3 Å². The van der Waals surface area contributed by atoms with Crippen LogP contribution in [0.25, 0.3) is 11.1 Å². The van der Waals surface area contributed by atoms with Crippen molar-refractivity contribution in [2.24, 2.45) is 0 Å². The van der Waals surface area contributed by atoms with E-state index < -0.39 is 0 Å². The monoisotopic (exact) mass is 440 g/mol. The normalized spacial score (nSPS) is 23.2. The third-order valence-electron chi connectivity index (χ3n) is 7.32. The summed E-state index contributed by atoms with van der Waals surface area (Å²) in [6, 6.07) is 29.6. The number of aliphatic hydroxyl groups excluding tert-OH is 1. The van der Waals surface area contributed by atoms with Crippen LogP contribution in [0.5, 0.6) is 0 Å². The van der Waals surface area contributed by atoms with E-state index in [0.717, 1.165) is 38.0 Å². The largest absolute Gasteiger partial charge is 0.395 e.